The predicted octanol–water partition coefficient (Wildman–Crippen LogP) is 2.81. The quantitative estimate of drug-likeness (QED) is 0.488. The molecule has 0 saturated carbocycles. The van der Waals surface area contributed by atoms with E-state index in [1.807, 2.05) is 24.3 Å². The maximum Gasteiger partial charge on any atom is 0.251 e. The first kappa shape index (κ1) is 21.7. The third-order valence-electron chi connectivity index (χ3n) is 5.31. The van der Waals surface area contributed by atoms with Gasteiger partial charge >= 0.3 is 0 Å². The van der Waals surface area contributed by atoms with Crippen LogP contribution in [0.1, 0.15) is 35.7 Å². The highest BCUT2D eigenvalue weighted by molar-refractivity contribution is 5.94. The number of hydrogen-bond donors (Lipinski definition) is 3. The summed E-state index contributed by atoms with van der Waals surface area (Å²) in [6, 6.07) is 18.7. The molecule has 6 heteroatoms. The number of hydrogen-bond acceptors (Lipinski definition) is 3. The van der Waals surface area contributed by atoms with Crippen molar-refractivity contribution in [2.45, 2.75) is 32.2 Å². The van der Waals surface area contributed by atoms with Crippen molar-refractivity contribution in [1.82, 2.24) is 16.0 Å². The lowest BCUT2D eigenvalue weighted by molar-refractivity contribution is 0.0963. The highest BCUT2D eigenvalue weighted by atomic mass is 16.1. The smallest absolute Gasteiger partial charge is 0.251 e. The minimum atomic E-state index is -0.0596. The standard InChI is InChI=1S/C24H33N5O/c1-3-26-24(27-15-14-19-9-7-10-20(17-19)23(30)25-2)28-21-11-8-16-29(18-21)22-12-5-4-6-13-22/h4-7,9-10,12-13,17,21H,3,8,11,14-16,18H2,1-2H3,(H,25,30)(H2,26,27,28). The van der Waals surface area contributed by atoms with Gasteiger partial charge in [0, 0.05) is 50.5 Å². The zero-order chi connectivity index (χ0) is 21.2. The molecule has 3 rings (SSSR count). The molecule has 2 aromatic rings. The number of carbonyl (C=O) groups excluding carboxylic acids is 1. The summed E-state index contributed by atoms with van der Waals surface area (Å²) < 4.78 is 0. The molecule has 1 saturated heterocycles. The zero-order valence-electron chi connectivity index (χ0n) is 18.0. The van der Waals surface area contributed by atoms with Crippen LogP contribution in [-0.2, 0) is 6.42 Å². The molecule has 1 amide bonds. The Kier molecular flexibility index (Phi) is 8.12. The Bertz CT molecular complexity index is 836. The average molecular weight is 408 g/mol. The Morgan fingerprint density at radius 2 is 2.00 bits per heavy atom. The van der Waals surface area contributed by atoms with Crippen molar-refractivity contribution in [2.24, 2.45) is 4.99 Å². The van der Waals surface area contributed by atoms with Gasteiger partial charge in [-0.25, -0.2) is 0 Å². The average Bonchev–Trinajstić information content (AvgIpc) is 2.79. The number of para-hydroxylation sites is 1. The van der Waals surface area contributed by atoms with Crippen LogP contribution >= 0.6 is 0 Å². The second kappa shape index (κ2) is 11.2. The first-order chi connectivity index (χ1) is 14.7. The lowest BCUT2D eigenvalue weighted by Crippen LogP contribution is -2.51. The van der Waals surface area contributed by atoms with Crippen molar-refractivity contribution < 1.29 is 4.79 Å². The summed E-state index contributed by atoms with van der Waals surface area (Å²) in [5, 5.41) is 9.65. The van der Waals surface area contributed by atoms with Gasteiger partial charge in [-0.1, -0.05) is 30.3 Å². The van der Waals surface area contributed by atoms with Gasteiger partial charge in [-0.05, 0) is 56.0 Å². The Hall–Kier alpha value is -3.02. The number of amides is 1. The number of benzene rings is 2. The number of carbonyl (C=O) groups is 1. The largest absolute Gasteiger partial charge is 0.369 e. The number of rotatable bonds is 7. The molecule has 1 aliphatic heterocycles. The van der Waals surface area contributed by atoms with Crippen LogP contribution in [-0.4, -0.2) is 51.1 Å². The lowest BCUT2D eigenvalue weighted by atomic mass is 10.0. The molecule has 160 valence electrons. The number of nitrogens with zero attached hydrogens (tertiary/aromatic N) is 2. The van der Waals surface area contributed by atoms with E-state index >= 15 is 0 Å². The summed E-state index contributed by atoms with van der Waals surface area (Å²) in [4.78, 5) is 19.0. The van der Waals surface area contributed by atoms with Gasteiger partial charge in [-0.15, -0.1) is 0 Å². The van der Waals surface area contributed by atoms with E-state index < -0.39 is 0 Å². The Morgan fingerprint density at radius 3 is 2.77 bits per heavy atom. The maximum atomic E-state index is 11.8. The SMILES string of the molecule is CCNC(=NCCc1cccc(C(=O)NC)c1)NC1CCCN(c2ccccc2)C1. The molecule has 0 bridgehead atoms. The van der Waals surface area contributed by atoms with Gasteiger partial charge in [0.2, 0.25) is 0 Å². The molecule has 6 nitrogen and oxygen atoms in total. The number of anilines is 1. The predicted molar refractivity (Wildman–Crippen MR) is 124 cm³/mol. The summed E-state index contributed by atoms with van der Waals surface area (Å²) in [6.45, 7) is 5.65. The van der Waals surface area contributed by atoms with Crippen LogP contribution in [0.25, 0.3) is 0 Å². The second-order valence-corrected chi connectivity index (χ2v) is 7.56. The monoisotopic (exact) mass is 407 g/mol. The van der Waals surface area contributed by atoms with Gasteiger partial charge in [-0.3, -0.25) is 9.79 Å². The summed E-state index contributed by atoms with van der Waals surface area (Å²) in [5.74, 6) is 0.801. The van der Waals surface area contributed by atoms with E-state index in [9.17, 15) is 4.79 Å². The molecule has 30 heavy (non-hydrogen) atoms. The van der Waals surface area contributed by atoms with E-state index in [2.05, 4.69) is 58.1 Å². The normalized spacial score (nSPS) is 16.8. The van der Waals surface area contributed by atoms with Crippen LogP contribution in [0.5, 0.6) is 0 Å². The summed E-state index contributed by atoms with van der Waals surface area (Å²) in [7, 11) is 1.65. The first-order valence-corrected chi connectivity index (χ1v) is 10.9. The van der Waals surface area contributed by atoms with Gasteiger partial charge in [0.1, 0.15) is 0 Å². The maximum absolute atomic E-state index is 11.8. The van der Waals surface area contributed by atoms with E-state index in [0.29, 0.717) is 18.2 Å². The summed E-state index contributed by atoms with van der Waals surface area (Å²) in [5.41, 5.74) is 3.08. The number of piperidine rings is 1. The molecule has 1 heterocycles. The van der Waals surface area contributed by atoms with Crippen LogP contribution in [0.4, 0.5) is 5.69 Å². The summed E-state index contributed by atoms with van der Waals surface area (Å²) >= 11 is 0. The molecule has 0 aromatic heterocycles. The minimum Gasteiger partial charge on any atom is -0.369 e. The molecule has 1 fully saturated rings. The fourth-order valence-corrected chi connectivity index (χ4v) is 3.79. The van der Waals surface area contributed by atoms with Gasteiger partial charge in [0.25, 0.3) is 5.91 Å². The van der Waals surface area contributed by atoms with Gasteiger partial charge in [0.15, 0.2) is 5.96 Å². The molecule has 3 N–H and O–H groups in total. The fraction of sp³-hybridized carbons (Fsp3) is 0.417. The van der Waals surface area contributed by atoms with Gasteiger partial charge in [0.05, 0.1) is 0 Å². The summed E-state index contributed by atoms with van der Waals surface area (Å²) in [6.07, 6.45) is 3.10. The molecule has 0 spiro atoms. The van der Waals surface area contributed by atoms with Crippen LogP contribution in [0, 0.1) is 0 Å². The van der Waals surface area contributed by atoms with Crippen molar-refractivity contribution in [3.05, 3.63) is 65.7 Å². The van der Waals surface area contributed by atoms with Crippen molar-refractivity contribution in [2.75, 3.05) is 38.1 Å². The molecule has 1 atom stereocenters. The molecular formula is C24H33N5O. The van der Waals surface area contributed by atoms with E-state index in [1.165, 1.54) is 5.69 Å². The van der Waals surface area contributed by atoms with Gasteiger partial charge < -0.3 is 20.9 Å². The van der Waals surface area contributed by atoms with Crippen LogP contribution in [0.15, 0.2) is 59.6 Å². The van der Waals surface area contributed by atoms with Gasteiger partial charge in [-0.2, -0.15) is 0 Å². The fourth-order valence-electron chi connectivity index (χ4n) is 3.79. The number of aliphatic imine (C=N–C) groups is 1. The molecule has 0 radical (unpaired) electrons. The number of guanidine groups is 1. The highest BCUT2D eigenvalue weighted by Gasteiger charge is 2.20. The molecule has 2 aromatic carbocycles. The third-order valence-corrected chi connectivity index (χ3v) is 5.31. The van der Waals surface area contributed by atoms with E-state index in [0.717, 1.165) is 50.4 Å². The van der Waals surface area contributed by atoms with Crippen LogP contribution < -0.4 is 20.9 Å². The molecule has 1 unspecified atom stereocenters. The van der Waals surface area contributed by atoms with E-state index in [-0.39, 0.29) is 5.91 Å². The Morgan fingerprint density at radius 1 is 1.17 bits per heavy atom. The van der Waals surface area contributed by atoms with Crippen LogP contribution in [0.2, 0.25) is 0 Å². The second-order valence-electron chi connectivity index (χ2n) is 7.56. The topological polar surface area (TPSA) is 68.8 Å². The molecular weight excluding hydrogens is 374 g/mol. The minimum absolute atomic E-state index is 0.0596. The van der Waals surface area contributed by atoms with Crippen LogP contribution in [0.3, 0.4) is 0 Å². The molecule has 0 aliphatic carbocycles. The third kappa shape index (κ3) is 6.24. The highest BCUT2D eigenvalue weighted by Crippen LogP contribution is 2.19. The van der Waals surface area contributed by atoms with E-state index in [4.69, 9.17) is 4.99 Å². The number of nitrogens with one attached hydrogen (secondary N) is 3. The van der Waals surface area contributed by atoms with Crippen molar-refractivity contribution >= 4 is 17.6 Å². The zero-order valence-corrected chi connectivity index (χ0v) is 18.0. The van der Waals surface area contributed by atoms with Crippen molar-refractivity contribution in [3.8, 4) is 0 Å². The van der Waals surface area contributed by atoms with Crippen molar-refractivity contribution in [1.29, 1.82) is 0 Å². The van der Waals surface area contributed by atoms with Crippen molar-refractivity contribution in [3.63, 3.8) is 0 Å². The van der Waals surface area contributed by atoms with E-state index in [1.54, 1.807) is 7.05 Å². The first-order valence-electron chi connectivity index (χ1n) is 10.9. The molecule has 1 aliphatic rings. The Labute approximate surface area is 179 Å². The lowest BCUT2D eigenvalue weighted by Gasteiger charge is -2.35. The Balaban J connectivity index is 1.57.